The van der Waals surface area contributed by atoms with E-state index >= 15 is 0 Å². The average molecular weight is 376 g/mol. The smallest absolute Gasteiger partial charge is 0.373 e. The molecule has 0 unspecified atom stereocenters. The van der Waals surface area contributed by atoms with Crippen LogP contribution in [0.4, 0.5) is 0 Å². The van der Waals surface area contributed by atoms with Crippen LogP contribution in [-0.2, 0) is 16.1 Å². The molecule has 26 heavy (non-hydrogen) atoms. The van der Waals surface area contributed by atoms with Crippen molar-refractivity contribution in [2.24, 2.45) is 0 Å². The zero-order valence-corrected chi connectivity index (χ0v) is 15.3. The van der Waals surface area contributed by atoms with Gasteiger partial charge in [0.05, 0.1) is 18.5 Å². The van der Waals surface area contributed by atoms with Gasteiger partial charge in [0.25, 0.3) is 11.7 Å². The summed E-state index contributed by atoms with van der Waals surface area (Å²) in [5.41, 5.74) is 0. The zero-order valence-electron chi connectivity index (χ0n) is 14.5. The van der Waals surface area contributed by atoms with Crippen molar-refractivity contribution < 1.29 is 23.5 Å². The number of amides is 1. The van der Waals surface area contributed by atoms with E-state index in [1.165, 1.54) is 18.4 Å². The van der Waals surface area contributed by atoms with Gasteiger partial charge in [0.1, 0.15) is 5.76 Å². The SMILES string of the molecule is COC(=O)c1ccc(CN2CCCN(C(=O)C(=O)c3cccs3)CC2)o1. The third-order valence-corrected chi connectivity index (χ3v) is 5.11. The van der Waals surface area contributed by atoms with Gasteiger partial charge in [-0.15, -0.1) is 11.3 Å². The van der Waals surface area contributed by atoms with E-state index < -0.39 is 17.7 Å². The number of nitrogens with zero attached hydrogens (tertiary/aromatic N) is 2. The van der Waals surface area contributed by atoms with Gasteiger partial charge in [0.2, 0.25) is 5.76 Å². The Bertz CT molecular complexity index is 783. The Kier molecular flexibility index (Phi) is 5.85. The van der Waals surface area contributed by atoms with Crippen molar-refractivity contribution in [2.45, 2.75) is 13.0 Å². The molecule has 1 fully saturated rings. The van der Waals surface area contributed by atoms with E-state index in [9.17, 15) is 14.4 Å². The predicted octanol–water partition coefficient (Wildman–Crippen LogP) is 2.04. The first-order valence-corrected chi connectivity index (χ1v) is 9.23. The Balaban J connectivity index is 1.56. The lowest BCUT2D eigenvalue weighted by molar-refractivity contribution is -0.126. The highest BCUT2D eigenvalue weighted by atomic mass is 32.1. The number of carbonyl (C=O) groups is 3. The first kappa shape index (κ1) is 18.3. The molecular formula is C18H20N2O5S. The lowest BCUT2D eigenvalue weighted by Gasteiger charge is -2.20. The van der Waals surface area contributed by atoms with Crippen LogP contribution in [0.3, 0.4) is 0 Å². The van der Waals surface area contributed by atoms with E-state index in [0.29, 0.717) is 36.8 Å². The maximum Gasteiger partial charge on any atom is 0.373 e. The quantitative estimate of drug-likeness (QED) is 0.451. The van der Waals surface area contributed by atoms with Crippen molar-refractivity contribution in [1.82, 2.24) is 9.80 Å². The summed E-state index contributed by atoms with van der Waals surface area (Å²) < 4.78 is 10.1. The van der Waals surface area contributed by atoms with Gasteiger partial charge in [-0.05, 0) is 30.0 Å². The third kappa shape index (κ3) is 4.20. The monoisotopic (exact) mass is 376 g/mol. The molecule has 3 heterocycles. The van der Waals surface area contributed by atoms with Gasteiger partial charge in [-0.3, -0.25) is 14.5 Å². The number of esters is 1. The van der Waals surface area contributed by atoms with Crippen molar-refractivity contribution in [2.75, 3.05) is 33.3 Å². The lowest BCUT2D eigenvalue weighted by Crippen LogP contribution is -2.39. The summed E-state index contributed by atoms with van der Waals surface area (Å²) in [7, 11) is 1.31. The number of methoxy groups -OCH3 is 1. The number of thiophene rings is 1. The molecule has 0 saturated carbocycles. The Labute approximate surface area is 155 Å². The van der Waals surface area contributed by atoms with Gasteiger partial charge < -0.3 is 14.1 Å². The van der Waals surface area contributed by atoms with Crippen molar-refractivity contribution in [3.8, 4) is 0 Å². The number of Topliss-reactive ketones (excluding diaryl/α,β-unsaturated/α-hetero) is 1. The maximum atomic E-state index is 12.4. The Morgan fingerprint density at radius 3 is 2.73 bits per heavy atom. The molecular weight excluding hydrogens is 356 g/mol. The van der Waals surface area contributed by atoms with Crippen molar-refractivity contribution >= 4 is 29.0 Å². The second-order valence-electron chi connectivity index (χ2n) is 5.99. The molecule has 7 nitrogen and oxygen atoms in total. The molecule has 1 amide bonds. The summed E-state index contributed by atoms with van der Waals surface area (Å²) in [5, 5.41) is 1.79. The highest BCUT2D eigenvalue weighted by molar-refractivity contribution is 7.13. The standard InChI is InChI=1S/C18H20N2O5S/c1-24-18(23)14-6-5-13(25-14)12-19-7-3-8-20(10-9-19)17(22)16(21)15-4-2-11-26-15/h2,4-6,11H,3,7-10,12H2,1H3. The molecule has 0 bridgehead atoms. The fourth-order valence-electron chi connectivity index (χ4n) is 2.88. The summed E-state index contributed by atoms with van der Waals surface area (Å²) in [5.74, 6) is -0.547. The van der Waals surface area contributed by atoms with Gasteiger partial charge >= 0.3 is 5.97 Å². The molecule has 0 radical (unpaired) electrons. The molecule has 0 aliphatic carbocycles. The fourth-order valence-corrected chi connectivity index (χ4v) is 3.54. The fraction of sp³-hybridized carbons (Fsp3) is 0.389. The van der Waals surface area contributed by atoms with Crippen molar-refractivity contribution in [3.05, 3.63) is 46.0 Å². The summed E-state index contributed by atoms with van der Waals surface area (Å²) >= 11 is 1.28. The number of ether oxygens (including phenoxy) is 1. The van der Waals surface area contributed by atoms with Crippen LogP contribution in [0.25, 0.3) is 0 Å². The van der Waals surface area contributed by atoms with Crippen LogP contribution in [0.15, 0.2) is 34.1 Å². The minimum Gasteiger partial charge on any atom is -0.463 e. The number of hydrogen-bond acceptors (Lipinski definition) is 7. The molecule has 0 spiro atoms. The topological polar surface area (TPSA) is 80.1 Å². The molecule has 138 valence electrons. The Hall–Kier alpha value is -2.45. The van der Waals surface area contributed by atoms with E-state index in [2.05, 4.69) is 9.64 Å². The average Bonchev–Trinajstić information content (AvgIpc) is 3.29. The first-order valence-electron chi connectivity index (χ1n) is 8.35. The second-order valence-corrected chi connectivity index (χ2v) is 6.93. The number of carbonyl (C=O) groups excluding carboxylic acids is 3. The first-order chi connectivity index (χ1) is 12.6. The summed E-state index contributed by atoms with van der Waals surface area (Å²) in [6.45, 7) is 3.00. The largest absolute Gasteiger partial charge is 0.463 e. The summed E-state index contributed by atoms with van der Waals surface area (Å²) in [6, 6.07) is 6.78. The summed E-state index contributed by atoms with van der Waals surface area (Å²) in [4.78, 5) is 40.3. The molecule has 2 aromatic heterocycles. The minimum absolute atomic E-state index is 0.177. The van der Waals surface area contributed by atoms with Crippen LogP contribution >= 0.6 is 11.3 Å². The van der Waals surface area contributed by atoms with Gasteiger partial charge in [-0.2, -0.15) is 0 Å². The molecule has 0 aromatic carbocycles. The second kappa shape index (κ2) is 8.29. The Morgan fingerprint density at radius 2 is 2.00 bits per heavy atom. The minimum atomic E-state index is -0.504. The van der Waals surface area contributed by atoms with Gasteiger partial charge in [0, 0.05) is 26.2 Å². The van der Waals surface area contributed by atoms with E-state index in [0.717, 1.165) is 13.0 Å². The van der Waals surface area contributed by atoms with Gasteiger partial charge in [0.15, 0.2) is 0 Å². The van der Waals surface area contributed by atoms with Gasteiger partial charge in [-0.1, -0.05) is 6.07 Å². The van der Waals surface area contributed by atoms with E-state index in [4.69, 9.17) is 4.42 Å². The van der Waals surface area contributed by atoms with Gasteiger partial charge in [-0.25, -0.2) is 4.79 Å². The van der Waals surface area contributed by atoms with Crippen LogP contribution in [0.5, 0.6) is 0 Å². The summed E-state index contributed by atoms with van der Waals surface area (Å²) in [6.07, 6.45) is 0.772. The number of hydrogen-bond donors (Lipinski definition) is 0. The Morgan fingerprint density at radius 1 is 1.15 bits per heavy atom. The third-order valence-electron chi connectivity index (χ3n) is 4.24. The lowest BCUT2D eigenvalue weighted by atomic mass is 10.2. The maximum absolute atomic E-state index is 12.4. The van der Waals surface area contributed by atoms with Crippen LogP contribution in [-0.4, -0.2) is 60.7 Å². The molecule has 2 aromatic rings. The van der Waals surface area contributed by atoms with Crippen LogP contribution in [0.1, 0.15) is 32.4 Å². The molecule has 3 rings (SSSR count). The molecule has 1 aliphatic heterocycles. The molecule has 0 atom stereocenters. The molecule has 0 N–H and O–H groups in total. The highest BCUT2D eigenvalue weighted by Gasteiger charge is 2.26. The van der Waals surface area contributed by atoms with Crippen molar-refractivity contribution in [3.63, 3.8) is 0 Å². The van der Waals surface area contributed by atoms with E-state index in [1.807, 2.05) is 0 Å². The molecule has 1 saturated heterocycles. The normalized spacial score (nSPS) is 15.5. The molecule has 1 aliphatic rings. The van der Waals surface area contributed by atoms with E-state index in [1.54, 1.807) is 34.5 Å². The van der Waals surface area contributed by atoms with Crippen LogP contribution in [0.2, 0.25) is 0 Å². The van der Waals surface area contributed by atoms with Crippen LogP contribution < -0.4 is 0 Å². The zero-order chi connectivity index (χ0) is 18.5. The van der Waals surface area contributed by atoms with Crippen LogP contribution in [0, 0.1) is 0 Å². The highest BCUT2D eigenvalue weighted by Crippen LogP contribution is 2.15. The molecule has 8 heteroatoms. The number of furan rings is 1. The number of ketones is 1. The predicted molar refractivity (Wildman–Crippen MR) is 95.2 cm³/mol. The number of rotatable bonds is 5. The van der Waals surface area contributed by atoms with E-state index in [-0.39, 0.29) is 5.76 Å². The van der Waals surface area contributed by atoms with Crippen molar-refractivity contribution in [1.29, 1.82) is 0 Å².